The summed E-state index contributed by atoms with van der Waals surface area (Å²) in [4.78, 5) is 46.6. The monoisotopic (exact) mass is 439 g/mol. The van der Waals surface area contributed by atoms with Crippen LogP contribution in [0.1, 0.15) is 105 Å². The molecule has 0 aromatic rings. The van der Waals surface area contributed by atoms with E-state index in [1.54, 1.807) is 0 Å². The molecule has 164 valence electrons. The van der Waals surface area contributed by atoms with Gasteiger partial charge in [0.15, 0.2) is 0 Å². The van der Waals surface area contributed by atoms with Crippen molar-refractivity contribution in [2.45, 2.75) is 110 Å². The van der Waals surface area contributed by atoms with E-state index < -0.39 is 29.9 Å². The minimum absolute atomic E-state index is 0. The van der Waals surface area contributed by atoms with Gasteiger partial charge in [-0.3, -0.25) is 14.4 Å². The first kappa shape index (κ1) is 31.1. The van der Waals surface area contributed by atoms with Gasteiger partial charge in [0.1, 0.15) is 6.04 Å². The molecule has 0 aliphatic rings. The minimum atomic E-state index is -1.10. The molecule has 0 aromatic carbocycles. The Labute approximate surface area is 219 Å². The standard InChI is InChI=1S/C21H37NO6.K.H/c1-3-5-7-9-11-13-18(23)27-20(25)16-15-17(22)21(26)28-19(24)14-12-10-8-6-4-2;;/h17H,3-16,22H2,1-2H3;;/q;+1;-1/t17-;;/m0../s1. The molecule has 0 heterocycles. The van der Waals surface area contributed by atoms with Gasteiger partial charge in [-0.1, -0.05) is 65.2 Å². The molecule has 0 fully saturated rings. The maximum atomic E-state index is 11.8. The van der Waals surface area contributed by atoms with Gasteiger partial charge in [-0.2, -0.15) is 0 Å². The van der Waals surface area contributed by atoms with Crippen molar-refractivity contribution in [2.75, 3.05) is 0 Å². The van der Waals surface area contributed by atoms with Crippen LogP contribution in [0, 0.1) is 0 Å². The van der Waals surface area contributed by atoms with Gasteiger partial charge < -0.3 is 16.6 Å². The molecule has 0 saturated heterocycles. The molecule has 0 rings (SSSR count). The third-order valence-electron chi connectivity index (χ3n) is 4.37. The minimum Gasteiger partial charge on any atom is -1.00 e. The Morgan fingerprint density at radius 2 is 1.10 bits per heavy atom. The summed E-state index contributed by atoms with van der Waals surface area (Å²) in [5.41, 5.74) is 5.65. The second-order valence-corrected chi connectivity index (χ2v) is 7.11. The predicted octanol–water partition coefficient (Wildman–Crippen LogP) is 1.07. The summed E-state index contributed by atoms with van der Waals surface area (Å²) in [7, 11) is 0. The Balaban J connectivity index is -0.00000364. The van der Waals surface area contributed by atoms with Crippen molar-refractivity contribution in [3.63, 3.8) is 0 Å². The van der Waals surface area contributed by atoms with Crippen molar-refractivity contribution in [3.8, 4) is 0 Å². The van der Waals surface area contributed by atoms with Crippen LogP contribution in [0.15, 0.2) is 0 Å². The summed E-state index contributed by atoms with van der Waals surface area (Å²) in [5, 5.41) is 0. The van der Waals surface area contributed by atoms with Gasteiger partial charge >= 0.3 is 75.3 Å². The summed E-state index contributed by atoms with van der Waals surface area (Å²) >= 11 is 0. The molecular formula is C21H38KNO6. The number of rotatable bonds is 16. The van der Waals surface area contributed by atoms with Crippen molar-refractivity contribution in [3.05, 3.63) is 0 Å². The molecule has 0 spiro atoms. The summed E-state index contributed by atoms with van der Waals surface area (Å²) in [5.74, 6) is -2.73. The average molecular weight is 440 g/mol. The Kier molecular flexibility index (Phi) is 22.6. The van der Waals surface area contributed by atoms with E-state index in [9.17, 15) is 19.2 Å². The SMILES string of the molecule is CCCCCCCC(=O)OC(=O)CC[C@H](N)C(=O)OC(=O)CCCCCCC.[H-].[K+]. The Morgan fingerprint density at radius 1 is 0.690 bits per heavy atom. The van der Waals surface area contributed by atoms with E-state index in [0.29, 0.717) is 12.8 Å². The van der Waals surface area contributed by atoms with E-state index in [2.05, 4.69) is 13.8 Å². The fraction of sp³-hybridized carbons (Fsp3) is 0.810. The van der Waals surface area contributed by atoms with Crippen molar-refractivity contribution in [1.29, 1.82) is 0 Å². The maximum absolute atomic E-state index is 11.8. The smallest absolute Gasteiger partial charge is 1.00 e. The van der Waals surface area contributed by atoms with Crippen LogP contribution in [-0.4, -0.2) is 29.9 Å². The van der Waals surface area contributed by atoms with Crippen LogP contribution in [0.4, 0.5) is 0 Å². The van der Waals surface area contributed by atoms with Gasteiger partial charge in [0.25, 0.3) is 0 Å². The molecule has 7 nitrogen and oxygen atoms in total. The van der Waals surface area contributed by atoms with Gasteiger partial charge in [0.05, 0.1) is 0 Å². The van der Waals surface area contributed by atoms with E-state index in [-0.39, 0.29) is 78.5 Å². The topological polar surface area (TPSA) is 113 Å². The molecule has 0 bridgehead atoms. The average Bonchev–Trinajstić information content (AvgIpc) is 2.65. The van der Waals surface area contributed by atoms with Crippen LogP contribution >= 0.6 is 0 Å². The maximum Gasteiger partial charge on any atom is 1.00 e. The van der Waals surface area contributed by atoms with Crippen LogP contribution in [0.3, 0.4) is 0 Å². The second kappa shape index (κ2) is 21.1. The van der Waals surface area contributed by atoms with E-state index in [0.717, 1.165) is 51.4 Å². The molecule has 29 heavy (non-hydrogen) atoms. The molecule has 0 aromatic heterocycles. The molecule has 0 radical (unpaired) electrons. The van der Waals surface area contributed by atoms with Crippen molar-refractivity contribution >= 4 is 23.9 Å². The Hall–Kier alpha value is -0.124. The number of unbranched alkanes of at least 4 members (excludes halogenated alkanes) is 8. The molecule has 0 aliphatic heterocycles. The summed E-state index contributed by atoms with van der Waals surface area (Å²) < 4.78 is 9.40. The Morgan fingerprint density at radius 3 is 1.59 bits per heavy atom. The van der Waals surface area contributed by atoms with Crippen LogP contribution in [0.2, 0.25) is 0 Å². The summed E-state index contributed by atoms with van der Waals surface area (Å²) in [6.45, 7) is 4.21. The van der Waals surface area contributed by atoms with Gasteiger partial charge in [-0.05, 0) is 19.3 Å². The van der Waals surface area contributed by atoms with Gasteiger partial charge in [0.2, 0.25) is 0 Å². The van der Waals surface area contributed by atoms with E-state index in [1.807, 2.05) is 0 Å². The molecular weight excluding hydrogens is 401 g/mol. The first-order chi connectivity index (χ1) is 13.4. The third-order valence-corrected chi connectivity index (χ3v) is 4.37. The van der Waals surface area contributed by atoms with Gasteiger partial charge in [-0.25, -0.2) is 4.79 Å². The van der Waals surface area contributed by atoms with Crippen LogP contribution in [0.5, 0.6) is 0 Å². The van der Waals surface area contributed by atoms with E-state index in [1.165, 1.54) is 0 Å². The van der Waals surface area contributed by atoms with Gasteiger partial charge in [-0.15, -0.1) is 0 Å². The van der Waals surface area contributed by atoms with Crippen molar-refractivity contribution < 1.29 is 81.5 Å². The number of hydrogen-bond acceptors (Lipinski definition) is 7. The zero-order valence-corrected chi connectivity index (χ0v) is 21.6. The molecule has 2 N–H and O–H groups in total. The zero-order chi connectivity index (χ0) is 21.2. The largest absolute Gasteiger partial charge is 1.00 e. The number of nitrogens with two attached hydrogens (primary N) is 1. The van der Waals surface area contributed by atoms with Crippen LogP contribution in [0.25, 0.3) is 0 Å². The second-order valence-electron chi connectivity index (χ2n) is 7.11. The molecule has 0 unspecified atom stereocenters. The first-order valence-electron chi connectivity index (χ1n) is 10.6. The summed E-state index contributed by atoms with van der Waals surface area (Å²) in [6.07, 6.45) is 9.99. The van der Waals surface area contributed by atoms with Crippen LogP contribution in [-0.2, 0) is 28.7 Å². The predicted molar refractivity (Wildman–Crippen MR) is 107 cm³/mol. The van der Waals surface area contributed by atoms with Crippen LogP contribution < -0.4 is 57.1 Å². The normalized spacial score (nSPS) is 11.3. The number of hydrogen-bond donors (Lipinski definition) is 1. The van der Waals surface area contributed by atoms with Gasteiger partial charge in [0, 0.05) is 19.3 Å². The van der Waals surface area contributed by atoms with E-state index >= 15 is 0 Å². The number of ether oxygens (including phenoxy) is 2. The molecule has 0 amide bonds. The van der Waals surface area contributed by atoms with E-state index in [4.69, 9.17) is 15.2 Å². The number of carbonyl (C=O) groups excluding carboxylic acids is 4. The molecule has 0 aliphatic carbocycles. The Bertz CT molecular complexity index is 490. The molecule has 8 heteroatoms. The molecule has 0 saturated carbocycles. The quantitative estimate of drug-likeness (QED) is 0.166. The molecule has 1 atom stereocenters. The number of carbonyl (C=O) groups is 4. The first-order valence-corrected chi connectivity index (χ1v) is 10.6. The summed E-state index contributed by atoms with van der Waals surface area (Å²) in [6, 6.07) is -1.10. The number of esters is 4. The fourth-order valence-electron chi connectivity index (χ4n) is 2.60. The third kappa shape index (κ3) is 19.6. The zero-order valence-electron chi connectivity index (χ0n) is 19.5. The fourth-order valence-corrected chi connectivity index (χ4v) is 2.60. The van der Waals surface area contributed by atoms with Crippen molar-refractivity contribution in [1.82, 2.24) is 0 Å². The van der Waals surface area contributed by atoms with Crippen molar-refractivity contribution in [2.24, 2.45) is 5.73 Å².